The van der Waals surface area contributed by atoms with E-state index in [0.717, 1.165) is 26.1 Å². The van der Waals surface area contributed by atoms with Crippen molar-refractivity contribution < 1.29 is 18.7 Å². The molecule has 0 unspecified atom stereocenters. The summed E-state index contributed by atoms with van der Waals surface area (Å²) in [5.74, 6) is -0.985. The van der Waals surface area contributed by atoms with Gasteiger partial charge in [-0.1, -0.05) is 24.3 Å². The van der Waals surface area contributed by atoms with E-state index in [0.29, 0.717) is 30.4 Å². The second-order valence-electron chi connectivity index (χ2n) is 7.68. The average molecular weight is 402 g/mol. The minimum atomic E-state index is -1.46. The third kappa shape index (κ3) is 5.00. The molecule has 29 heavy (non-hydrogen) atoms. The number of carbonyl (C=O) groups excluding carboxylic acids is 1. The van der Waals surface area contributed by atoms with E-state index in [4.69, 9.17) is 0 Å². The largest absolute Gasteiger partial charge is 0.380 e. The van der Waals surface area contributed by atoms with Gasteiger partial charge in [-0.05, 0) is 80.2 Å². The van der Waals surface area contributed by atoms with Crippen LogP contribution in [0.25, 0.3) is 0 Å². The number of likely N-dealkylation sites (tertiary alicyclic amines) is 1. The maximum absolute atomic E-state index is 13.9. The average Bonchev–Trinajstić information content (AvgIpc) is 2.73. The van der Waals surface area contributed by atoms with E-state index in [9.17, 15) is 18.7 Å². The summed E-state index contributed by atoms with van der Waals surface area (Å²) < 4.78 is 27.9. The summed E-state index contributed by atoms with van der Waals surface area (Å²) in [5.41, 5.74) is -0.569. The number of hydrogen-bond acceptors (Lipinski definition) is 3. The van der Waals surface area contributed by atoms with Crippen LogP contribution in [0.15, 0.2) is 48.5 Å². The number of nitrogens with zero attached hydrogens (tertiary/aromatic N) is 1. The zero-order valence-electron chi connectivity index (χ0n) is 16.7. The fraction of sp³-hybridized carbons (Fsp3) is 0.435. The molecule has 3 rings (SSSR count). The number of piperidine rings is 1. The summed E-state index contributed by atoms with van der Waals surface area (Å²) in [7, 11) is 1.63. The monoisotopic (exact) mass is 402 g/mol. The maximum atomic E-state index is 13.9. The first kappa shape index (κ1) is 21.4. The van der Waals surface area contributed by atoms with Crippen molar-refractivity contribution in [2.75, 3.05) is 26.7 Å². The number of amides is 1. The van der Waals surface area contributed by atoms with Gasteiger partial charge in [0.25, 0.3) is 0 Å². The first-order chi connectivity index (χ1) is 13.9. The van der Waals surface area contributed by atoms with Crippen molar-refractivity contribution in [1.29, 1.82) is 0 Å². The molecule has 0 spiro atoms. The number of hydrogen-bond donors (Lipinski definition) is 2. The molecule has 2 aromatic rings. The summed E-state index contributed by atoms with van der Waals surface area (Å²) in [4.78, 5) is 13.7. The summed E-state index contributed by atoms with van der Waals surface area (Å²) in [6.07, 6.45) is 2.67. The van der Waals surface area contributed by atoms with E-state index in [-0.39, 0.29) is 11.8 Å². The lowest BCUT2D eigenvalue weighted by Crippen LogP contribution is -2.44. The molecular formula is C23H28F2N2O2. The Hall–Kier alpha value is -2.31. The van der Waals surface area contributed by atoms with Gasteiger partial charge in [0.1, 0.15) is 17.2 Å². The van der Waals surface area contributed by atoms with Gasteiger partial charge < -0.3 is 15.3 Å². The minimum Gasteiger partial charge on any atom is -0.380 e. The van der Waals surface area contributed by atoms with Crippen LogP contribution >= 0.6 is 0 Å². The van der Waals surface area contributed by atoms with E-state index in [1.807, 2.05) is 0 Å². The van der Waals surface area contributed by atoms with Crippen LogP contribution in [0, 0.1) is 17.6 Å². The zero-order chi connectivity index (χ0) is 20.9. The highest BCUT2D eigenvalue weighted by Crippen LogP contribution is 2.42. The lowest BCUT2D eigenvalue weighted by molar-refractivity contribution is -0.120. The molecule has 1 amide bonds. The first-order valence-corrected chi connectivity index (χ1v) is 10.1. The van der Waals surface area contributed by atoms with Gasteiger partial charge in [0.15, 0.2) is 0 Å². The highest BCUT2D eigenvalue weighted by molar-refractivity contribution is 5.75. The molecule has 1 heterocycles. The minimum absolute atomic E-state index is 0.0338. The van der Waals surface area contributed by atoms with Crippen LogP contribution < -0.4 is 5.32 Å². The molecule has 2 N–H and O–H groups in total. The number of nitrogens with one attached hydrogen (secondary N) is 1. The highest BCUT2D eigenvalue weighted by Gasteiger charge is 2.42. The van der Waals surface area contributed by atoms with Gasteiger partial charge in [-0.2, -0.15) is 0 Å². The molecule has 0 radical (unpaired) electrons. The predicted molar refractivity (Wildman–Crippen MR) is 108 cm³/mol. The van der Waals surface area contributed by atoms with E-state index in [1.54, 1.807) is 31.3 Å². The van der Waals surface area contributed by atoms with Gasteiger partial charge in [-0.25, -0.2) is 8.78 Å². The van der Waals surface area contributed by atoms with Crippen molar-refractivity contribution in [2.45, 2.75) is 31.3 Å². The van der Waals surface area contributed by atoms with Crippen molar-refractivity contribution in [2.24, 2.45) is 5.92 Å². The van der Waals surface area contributed by atoms with Gasteiger partial charge in [0.2, 0.25) is 5.91 Å². The Kier molecular flexibility index (Phi) is 6.98. The second-order valence-corrected chi connectivity index (χ2v) is 7.68. The molecule has 0 saturated carbocycles. The van der Waals surface area contributed by atoms with Gasteiger partial charge >= 0.3 is 0 Å². The van der Waals surface area contributed by atoms with Crippen molar-refractivity contribution in [3.05, 3.63) is 71.3 Å². The summed E-state index contributed by atoms with van der Waals surface area (Å²) in [6, 6.07) is 11.9. The molecule has 2 aromatic carbocycles. The van der Waals surface area contributed by atoms with E-state index < -0.39 is 17.2 Å². The van der Waals surface area contributed by atoms with Crippen molar-refractivity contribution >= 4 is 5.91 Å². The number of rotatable bonds is 7. The third-order valence-corrected chi connectivity index (χ3v) is 5.86. The van der Waals surface area contributed by atoms with Crippen LogP contribution in [-0.4, -0.2) is 42.6 Å². The van der Waals surface area contributed by atoms with Crippen LogP contribution in [0.4, 0.5) is 8.78 Å². The molecule has 1 fully saturated rings. The molecule has 0 aliphatic carbocycles. The molecule has 0 bridgehead atoms. The lowest BCUT2D eigenvalue weighted by atomic mass is 9.72. The van der Waals surface area contributed by atoms with Crippen LogP contribution in [0.1, 0.15) is 36.8 Å². The predicted octanol–water partition coefficient (Wildman–Crippen LogP) is 3.44. The standard InChI is InChI=1S/C23H28F2N2O2/c1-26-22(28)9-4-12-27-13-10-17(11-14-27)23(29,18-5-2-7-20(24)15-18)19-6-3-8-21(25)16-19/h2-3,5-8,15-17,29H,4,9-14H2,1H3,(H,26,28). The first-order valence-electron chi connectivity index (χ1n) is 10.1. The lowest BCUT2D eigenvalue weighted by Gasteiger charge is -2.42. The molecular weight excluding hydrogens is 374 g/mol. The van der Waals surface area contributed by atoms with Crippen molar-refractivity contribution in [3.8, 4) is 0 Å². The Bertz CT molecular complexity index is 790. The van der Waals surface area contributed by atoms with Gasteiger partial charge in [0.05, 0.1) is 0 Å². The van der Waals surface area contributed by atoms with E-state index in [1.165, 1.54) is 24.3 Å². The fourth-order valence-electron chi connectivity index (χ4n) is 4.25. The second kappa shape index (κ2) is 9.46. The molecule has 0 atom stereocenters. The van der Waals surface area contributed by atoms with Crippen molar-refractivity contribution in [1.82, 2.24) is 10.2 Å². The molecule has 0 aromatic heterocycles. The van der Waals surface area contributed by atoms with Crippen LogP contribution in [0.2, 0.25) is 0 Å². The Morgan fingerprint density at radius 2 is 1.66 bits per heavy atom. The van der Waals surface area contributed by atoms with Gasteiger partial charge in [-0.3, -0.25) is 4.79 Å². The van der Waals surface area contributed by atoms with Crippen LogP contribution in [-0.2, 0) is 10.4 Å². The maximum Gasteiger partial charge on any atom is 0.219 e. The Morgan fingerprint density at radius 1 is 1.10 bits per heavy atom. The third-order valence-electron chi connectivity index (χ3n) is 5.86. The summed E-state index contributed by atoms with van der Waals surface area (Å²) >= 11 is 0. The Balaban J connectivity index is 1.77. The van der Waals surface area contributed by atoms with E-state index in [2.05, 4.69) is 10.2 Å². The van der Waals surface area contributed by atoms with E-state index >= 15 is 0 Å². The highest BCUT2D eigenvalue weighted by atomic mass is 19.1. The SMILES string of the molecule is CNC(=O)CCCN1CCC(C(O)(c2cccc(F)c2)c2cccc(F)c2)CC1. The van der Waals surface area contributed by atoms with Crippen molar-refractivity contribution in [3.63, 3.8) is 0 Å². The normalized spacial score (nSPS) is 16.0. The number of halogens is 2. The molecule has 6 heteroatoms. The summed E-state index contributed by atoms with van der Waals surface area (Å²) in [6.45, 7) is 2.36. The van der Waals surface area contributed by atoms with Crippen LogP contribution in [0.5, 0.6) is 0 Å². The Labute approximate surface area is 170 Å². The Morgan fingerprint density at radius 3 is 2.14 bits per heavy atom. The van der Waals surface area contributed by atoms with Gasteiger partial charge in [0, 0.05) is 13.5 Å². The number of carbonyl (C=O) groups is 1. The molecule has 1 saturated heterocycles. The fourth-order valence-corrected chi connectivity index (χ4v) is 4.25. The molecule has 1 aliphatic heterocycles. The number of aliphatic hydroxyl groups is 1. The molecule has 156 valence electrons. The summed E-state index contributed by atoms with van der Waals surface area (Å²) in [5, 5.41) is 14.4. The number of benzene rings is 2. The quantitative estimate of drug-likeness (QED) is 0.746. The zero-order valence-corrected chi connectivity index (χ0v) is 16.7. The topological polar surface area (TPSA) is 52.6 Å². The molecule has 4 nitrogen and oxygen atoms in total. The molecule has 1 aliphatic rings. The van der Waals surface area contributed by atoms with Gasteiger partial charge in [-0.15, -0.1) is 0 Å². The smallest absolute Gasteiger partial charge is 0.219 e. The van der Waals surface area contributed by atoms with Crippen LogP contribution in [0.3, 0.4) is 0 Å².